The molecule has 0 aliphatic heterocycles. The molecule has 5 nitrogen and oxygen atoms in total. The van der Waals surface area contributed by atoms with Gasteiger partial charge in [0.05, 0.1) is 18.3 Å². The fraction of sp³-hybridized carbons (Fsp3) is 0.333. The summed E-state index contributed by atoms with van der Waals surface area (Å²) in [4.78, 5) is 13.8. The van der Waals surface area contributed by atoms with Crippen LogP contribution in [0.3, 0.4) is 0 Å². The molecule has 0 saturated carbocycles. The van der Waals surface area contributed by atoms with Gasteiger partial charge in [0.1, 0.15) is 5.75 Å². The molecular formula is C9H8F3NO4. The Morgan fingerprint density at radius 3 is 2.59 bits per heavy atom. The van der Waals surface area contributed by atoms with Gasteiger partial charge in [-0.15, -0.1) is 13.2 Å². The van der Waals surface area contributed by atoms with Crippen LogP contribution in [0.2, 0.25) is 0 Å². The first-order valence-corrected chi connectivity index (χ1v) is 4.35. The minimum absolute atomic E-state index is 0.214. The SMILES string of the molecule is Cc1c(OC(F)(F)F)cnc(CC(=O)O)c1O. The number of halogens is 3. The lowest BCUT2D eigenvalue weighted by atomic mass is 10.1. The van der Waals surface area contributed by atoms with Crippen LogP contribution in [-0.2, 0) is 11.2 Å². The minimum atomic E-state index is -4.90. The van der Waals surface area contributed by atoms with Crippen molar-refractivity contribution in [3.8, 4) is 11.5 Å². The summed E-state index contributed by atoms with van der Waals surface area (Å²) in [6.45, 7) is 1.17. The van der Waals surface area contributed by atoms with Gasteiger partial charge in [0.15, 0.2) is 5.75 Å². The maximum atomic E-state index is 11.9. The summed E-state index contributed by atoms with van der Waals surface area (Å²) >= 11 is 0. The molecule has 0 saturated heterocycles. The minimum Gasteiger partial charge on any atom is -0.506 e. The molecule has 0 fully saturated rings. The molecule has 1 aromatic heterocycles. The highest BCUT2D eigenvalue weighted by atomic mass is 19.4. The van der Waals surface area contributed by atoms with E-state index in [0.717, 1.165) is 6.20 Å². The Balaban J connectivity index is 3.06. The van der Waals surface area contributed by atoms with Gasteiger partial charge in [-0.25, -0.2) is 0 Å². The summed E-state index contributed by atoms with van der Waals surface area (Å²) in [7, 11) is 0. The molecule has 1 aromatic rings. The number of carboxylic acid groups (broad SMARTS) is 1. The van der Waals surface area contributed by atoms with E-state index >= 15 is 0 Å². The number of hydrogen-bond donors (Lipinski definition) is 2. The second kappa shape index (κ2) is 4.48. The number of hydrogen-bond acceptors (Lipinski definition) is 4. The molecule has 0 aromatic carbocycles. The van der Waals surface area contributed by atoms with Crippen LogP contribution < -0.4 is 4.74 Å². The van der Waals surface area contributed by atoms with E-state index in [0.29, 0.717) is 0 Å². The van der Waals surface area contributed by atoms with E-state index in [2.05, 4.69) is 9.72 Å². The van der Waals surface area contributed by atoms with E-state index in [-0.39, 0.29) is 11.3 Å². The molecule has 0 unspecified atom stereocenters. The summed E-state index contributed by atoms with van der Waals surface area (Å²) < 4.78 is 39.4. The van der Waals surface area contributed by atoms with Crippen LogP contribution in [0.25, 0.3) is 0 Å². The van der Waals surface area contributed by atoms with Crippen LogP contribution in [0, 0.1) is 6.92 Å². The van der Waals surface area contributed by atoms with Crippen molar-refractivity contribution < 1.29 is 32.9 Å². The molecule has 8 heteroatoms. The van der Waals surface area contributed by atoms with Crippen LogP contribution in [0.4, 0.5) is 13.2 Å². The van der Waals surface area contributed by atoms with Crippen LogP contribution >= 0.6 is 0 Å². The number of aromatic nitrogens is 1. The van der Waals surface area contributed by atoms with Gasteiger partial charge in [0.2, 0.25) is 0 Å². The summed E-state index contributed by atoms with van der Waals surface area (Å²) in [5, 5.41) is 17.9. The lowest BCUT2D eigenvalue weighted by Gasteiger charge is -2.13. The highest BCUT2D eigenvalue weighted by Gasteiger charge is 2.32. The summed E-state index contributed by atoms with van der Waals surface area (Å²) in [6.07, 6.45) is -4.76. The first-order valence-electron chi connectivity index (χ1n) is 4.35. The van der Waals surface area contributed by atoms with Gasteiger partial charge in [-0.3, -0.25) is 9.78 Å². The van der Waals surface area contributed by atoms with Gasteiger partial charge in [-0.1, -0.05) is 0 Å². The molecular weight excluding hydrogens is 243 g/mol. The van der Waals surface area contributed by atoms with Crippen molar-refractivity contribution in [2.75, 3.05) is 0 Å². The first kappa shape index (κ1) is 13.1. The highest BCUT2D eigenvalue weighted by molar-refractivity contribution is 5.71. The van der Waals surface area contributed by atoms with Gasteiger partial charge in [-0.05, 0) is 6.92 Å². The van der Waals surface area contributed by atoms with Crippen molar-refractivity contribution in [3.05, 3.63) is 17.5 Å². The average molecular weight is 251 g/mol. The second-order valence-electron chi connectivity index (χ2n) is 3.16. The van der Waals surface area contributed by atoms with Crippen LogP contribution in [0.1, 0.15) is 11.3 Å². The Morgan fingerprint density at radius 1 is 1.53 bits per heavy atom. The highest BCUT2D eigenvalue weighted by Crippen LogP contribution is 2.32. The van der Waals surface area contributed by atoms with Crippen molar-refractivity contribution in [2.45, 2.75) is 19.7 Å². The predicted octanol–water partition coefficient (Wildman–Crippen LogP) is 1.62. The number of rotatable bonds is 3. The summed E-state index contributed by atoms with van der Waals surface area (Å²) in [5.41, 5.74) is -0.432. The normalized spacial score (nSPS) is 11.3. The third-order valence-corrected chi connectivity index (χ3v) is 1.88. The molecule has 0 aliphatic carbocycles. The second-order valence-corrected chi connectivity index (χ2v) is 3.16. The van der Waals surface area contributed by atoms with Crippen molar-refractivity contribution in [3.63, 3.8) is 0 Å². The van der Waals surface area contributed by atoms with E-state index in [1.165, 1.54) is 6.92 Å². The topological polar surface area (TPSA) is 79.7 Å². The molecule has 1 rings (SSSR count). The largest absolute Gasteiger partial charge is 0.573 e. The van der Waals surface area contributed by atoms with Crippen molar-refractivity contribution in [1.82, 2.24) is 4.98 Å². The third-order valence-electron chi connectivity index (χ3n) is 1.88. The fourth-order valence-corrected chi connectivity index (χ4v) is 1.13. The van der Waals surface area contributed by atoms with E-state index in [1.807, 2.05) is 0 Å². The molecule has 2 N–H and O–H groups in total. The number of nitrogens with zero attached hydrogens (tertiary/aromatic N) is 1. The maximum Gasteiger partial charge on any atom is 0.573 e. The van der Waals surface area contributed by atoms with Gasteiger partial charge in [0.25, 0.3) is 0 Å². The summed E-state index contributed by atoms with van der Waals surface area (Å²) in [6, 6.07) is 0. The first-order chi connectivity index (χ1) is 7.70. The van der Waals surface area contributed by atoms with E-state index in [1.54, 1.807) is 0 Å². The molecule has 0 aliphatic rings. The Morgan fingerprint density at radius 2 is 2.12 bits per heavy atom. The molecule has 17 heavy (non-hydrogen) atoms. The number of carboxylic acids is 1. The molecule has 0 amide bonds. The maximum absolute atomic E-state index is 11.9. The number of aromatic hydroxyl groups is 1. The fourth-order valence-electron chi connectivity index (χ4n) is 1.13. The number of ether oxygens (including phenoxy) is 1. The lowest BCUT2D eigenvalue weighted by Crippen LogP contribution is -2.18. The van der Waals surface area contributed by atoms with Crippen molar-refractivity contribution in [1.29, 1.82) is 0 Å². The van der Waals surface area contributed by atoms with Crippen LogP contribution in [-0.4, -0.2) is 27.5 Å². The smallest absolute Gasteiger partial charge is 0.506 e. The zero-order chi connectivity index (χ0) is 13.2. The van der Waals surface area contributed by atoms with Crippen molar-refractivity contribution >= 4 is 5.97 Å². The van der Waals surface area contributed by atoms with Crippen molar-refractivity contribution in [2.24, 2.45) is 0 Å². The Hall–Kier alpha value is -1.99. The molecule has 0 bridgehead atoms. The average Bonchev–Trinajstić information content (AvgIpc) is 2.15. The molecule has 0 radical (unpaired) electrons. The van der Waals surface area contributed by atoms with E-state index in [4.69, 9.17) is 5.11 Å². The third kappa shape index (κ3) is 3.51. The monoisotopic (exact) mass is 251 g/mol. The molecule has 0 spiro atoms. The van der Waals surface area contributed by atoms with E-state index < -0.39 is 30.3 Å². The number of carbonyl (C=O) groups is 1. The summed E-state index contributed by atoms with van der Waals surface area (Å²) in [5.74, 6) is -2.53. The molecule has 94 valence electrons. The van der Waals surface area contributed by atoms with Gasteiger partial charge in [-0.2, -0.15) is 0 Å². The van der Waals surface area contributed by atoms with Crippen LogP contribution in [0.15, 0.2) is 6.20 Å². The number of pyridine rings is 1. The number of aliphatic carboxylic acids is 1. The zero-order valence-corrected chi connectivity index (χ0v) is 8.58. The molecule has 1 heterocycles. The van der Waals surface area contributed by atoms with Gasteiger partial charge in [0, 0.05) is 5.56 Å². The van der Waals surface area contributed by atoms with E-state index in [9.17, 15) is 23.1 Å². The predicted molar refractivity (Wildman–Crippen MR) is 48.7 cm³/mol. The standard InChI is InChI=1S/C9H8F3NO4/c1-4-6(17-9(10,11)12)3-13-5(8(4)16)2-7(14)15/h3,16H,2H2,1H3,(H,14,15). The quantitative estimate of drug-likeness (QED) is 0.853. The van der Waals surface area contributed by atoms with Crippen LogP contribution in [0.5, 0.6) is 11.5 Å². The van der Waals surface area contributed by atoms with Gasteiger partial charge >= 0.3 is 12.3 Å². The Bertz CT molecular complexity index is 445. The Labute approximate surface area is 93.5 Å². The Kier molecular flexibility index (Phi) is 3.45. The lowest BCUT2D eigenvalue weighted by molar-refractivity contribution is -0.275. The molecule has 0 atom stereocenters. The zero-order valence-electron chi connectivity index (χ0n) is 8.58. The van der Waals surface area contributed by atoms with Gasteiger partial charge < -0.3 is 14.9 Å². The number of alkyl halides is 3.